The number of aromatic amines is 1. The van der Waals surface area contributed by atoms with E-state index in [4.69, 9.17) is 0 Å². The maximum absolute atomic E-state index is 11.2. The Balaban J connectivity index is 1.65. The molecule has 2 N–H and O–H groups in total. The standard InChI is InChI=1S/C15H21N3O2S/c1-11-12(9-17-18-11)4-3-7-16-10-14-6-5-13(21-14)8-15(19)20-2/h5-6,9,16H,3-4,7-8,10H2,1-2H3,(H,17,18). The third kappa shape index (κ3) is 4.99. The molecule has 0 aromatic carbocycles. The minimum atomic E-state index is -0.188. The Morgan fingerprint density at radius 1 is 1.43 bits per heavy atom. The van der Waals surface area contributed by atoms with Crippen LogP contribution < -0.4 is 5.32 Å². The number of aromatic nitrogens is 2. The highest BCUT2D eigenvalue weighted by atomic mass is 32.1. The molecule has 0 aliphatic carbocycles. The maximum Gasteiger partial charge on any atom is 0.310 e. The van der Waals surface area contributed by atoms with Crippen LogP contribution >= 0.6 is 11.3 Å². The molecular formula is C15H21N3O2S. The van der Waals surface area contributed by atoms with Gasteiger partial charge >= 0.3 is 5.97 Å². The van der Waals surface area contributed by atoms with Crippen LogP contribution in [-0.2, 0) is 28.9 Å². The normalized spacial score (nSPS) is 10.8. The fourth-order valence-electron chi connectivity index (χ4n) is 2.07. The van der Waals surface area contributed by atoms with Crippen LogP contribution in [0.25, 0.3) is 0 Å². The first-order valence-corrected chi connectivity index (χ1v) is 7.84. The highest BCUT2D eigenvalue weighted by molar-refractivity contribution is 7.12. The highest BCUT2D eigenvalue weighted by Crippen LogP contribution is 2.17. The molecule has 2 aromatic rings. The van der Waals surface area contributed by atoms with Crippen LogP contribution in [0.5, 0.6) is 0 Å². The third-order valence-corrected chi connectivity index (χ3v) is 4.38. The van der Waals surface area contributed by atoms with Gasteiger partial charge in [0.1, 0.15) is 0 Å². The van der Waals surface area contributed by atoms with Gasteiger partial charge in [0.15, 0.2) is 0 Å². The lowest BCUT2D eigenvalue weighted by Gasteiger charge is -2.03. The van der Waals surface area contributed by atoms with Gasteiger partial charge in [-0.1, -0.05) is 0 Å². The molecule has 0 radical (unpaired) electrons. The van der Waals surface area contributed by atoms with Crippen molar-refractivity contribution in [3.63, 3.8) is 0 Å². The molecule has 6 heteroatoms. The molecule has 21 heavy (non-hydrogen) atoms. The van der Waals surface area contributed by atoms with Gasteiger partial charge in [-0.15, -0.1) is 11.3 Å². The van der Waals surface area contributed by atoms with Crippen LogP contribution in [0.2, 0.25) is 0 Å². The summed E-state index contributed by atoms with van der Waals surface area (Å²) in [6, 6.07) is 4.06. The van der Waals surface area contributed by atoms with Gasteiger partial charge in [0.2, 0.25) is 0 Å². The number of hydrogen-bond acceptors (Lipinski definition) is 5. The quantitative estimate of drug-likeness (QED) is 0.580. The van der Waals surface area contributed by atoms with Crippen LogP contribution in [0, 0.1) is 6.92 Å². The monoisotopic (exact) mass is 307 g/mol. The predicted octanol–water partition coefficient (Wildman–Crippen LogP) is 2.22. The zero-order valence-corrected chi connectivity index (χ0v) is 13.3. The number of methoxy groups -OCH3 is 1. The number of carbonyl (C=O) groups is 1. The van der Waals surface area contributed by atoms with Crippen molar-refractivity contribution < 1.29 is 9.53 Å². The Morgan fingerprint density at radius 2 is 2.24 bits per heavy atom. The van der Waals surface area contributed by atoms with E-state index in [9.17, 15) is 4.79 Å². The van der Waals surface area contributed by atoms with E-state index < -0.39 is 0 Å². The van der Waals surface area contributed by atoms with Crippen molar-refractivity contribution in [3.8, 4) is 0 Å². The summed E-state index contributed by atoms with van der Waals surface area (Å²) < 4.78 is 4.67. The van der Waals surface area contributed by atoms with E-state index in [1.807, 2.05) is 19.2 Å². The Hall–Kier alpha value is -1.66. The number of nitrogens with zero attached hydrogens (tertiary/aromatic N) is 1. The van der Waals surface area contributed by atoms with Crippen molar-refractivity contribution in [1.29, 1.82) is 0 Å². The summed E-state index contributed by atoms with van der Waals surface area (Å²) in [6.45, 7) is 3.86. The number of aryl methyl sites for hydroxylation is 2. The van der Waals surface area contributed by atoms with Gasteiger partial charge < -0.3 is 10.1 Å². The van der Waals surface area contributed by atoms with Crippen molar-refractivity contribution in [3.05, 3.63) is 39.3 Å². The van der Waals surface area contributed by atoms with Crippen molar-refractivity contribution in [2.45, 2.75) is 32.7 Å². The first kappa shape index (κ1) is 15.7. The second-order valence-electron chi connectivity index (χ2n) is 4.92. The molecule has 0 fully saturated rings. The molecule has 0 spiro atoms. The summed E-state index contributed by atoms with van der Waals surface area (Å²) >= 11 is 1.66. The van der Waals surface area contributed by atoms with Crippen molar-refractivity contribution in [1.82, 2.24) is 15.5 Å². The van der Waals surface area contributed by atoms with E-state index in [1.165, 1.54) is 17.6 Å². The second kappa shape index (κ2) is 7.95. The Labute approximate surface area is 128 Å². The van der Waals surface area contributed by atoms with E-state index >= 15 is 0 Å². The Bertz CT molecular complexity index is 577. The van der Waals surface area contributed by atoms with Crippen molar-refractivity contribution in [2.75, 3.05) is 13.7 Å². The van der Waals surface area contributed by atoms with Gasteiger partial charge in [0.25, 0.3) is 0 Å². The zero-order chi connectivity index (χ0) is 15.1. The number of rotatable bonds is 8. The minimum absolute atomic E-state index is 0.188. The van der Waals surface area contributed by atoms with Gasteiger partial charge in [0.05, 0.1) is 19.7 Å². The molecule has 2 rings (SSSR count). The van der Waals surface area contributed by atoms with E-state index in [0.717, 1.165) is 36.5 Å². The molecule has 114 valence electrons. The molecule has 5 nitrogen and oxygen atoms in total. The van der Waals surface area contributed by atoms with E-state index in [0.29, 0.717) is 6.42 Å². The number of nitrogens with one attached hydrogen (secondary N) is 2. The molecule has 0 aliphatic rings. The van der Waals surface area contributed by atoms with E-state index in [1.54, 1.807) is 11.3 Å². The fourth-order valence-corrected chi connectivity index (χ4v) is 3.04. The Kier molecular flexibility index (Phi) is 5.95. The molecule has 2 aromatic heterocycles. The topological polar surface area (TPSA) is 67.0 Å². The maximum atomic E-state index is 11.2. The van der Waals surface area contributed by atoms with Crippen molar-refractivity contribution in [2.24, 2.45) is 0 Å². The molecule has 0 saturated heterocycles. The Morgan fingerprint density at radius 3 is 2.95 bits per heavy atom. The number of esters is 1. The molecule has 2 heterocycles. The van der Waals surface area contributed by atoms with Crippen LogP contribution in [0.4, 0.5) is 0 Å². The smallest absolute Gasteiger partial charge is 0.310 e. The van der Waals surface area contributed by atoms with Crippen LogP contribution in [-0.4, -0.2) is 29.8 Å². The number of H-pyrrole nitrogens is 1. The predicted molar refractivity (Wildman–Crippen MR) is 83.4 cm³/mol. The molecular weight excluding hydrogens is 286 g/mol. The summed E-state index contributed by atoms with van der Waals surface area (Å²) in [5, 5.41) is 10.4. The van der Waals surface area contributed by atoms with Crippen LogP contribution in [0.1, 0.15) is 27.4 Å². The van der Waals surface area contributed by atoms with E-state index in [-0.39, 0.29) is 5.97 Å². The average molecular weight is 307 g/mol. The van der Waals surface area contributed by atoms with Crippen LogP contribution in [0.15, 0.2) is 18.3 Å². The number of hydrogen-bond donors (Lipinski definition) is 2. The average Bonchev–Trinajstić information content (AvgIpc) is 3.08. The largest absolute Gasteiger partial charge is 0.469 e. The van der Waals surface area contributed by atoms with Gasteiger partial charge in [-0.3, -0.25) is 9.89 Å². The minimum Gasteiger partial charge on any atom is -0.469 e. The molecule has 0 saturated carbocycles. The molecule has 0 amide bonds. The summed E-state index contributed by atoms with van der Waals surface area (Å²) in [6.07, 6.45) is 4.38. The zero-order valence-electron chi connectivity index (χ0n) is 12.4. The lowest BCUT2D eigenvalue weighted by Crippen LogP contribution is -2.14. The van der Waals surface area contributed by atoms with Gasteiger partial charge in [-0.05, 0) is 44.0 Å². The number of thiophene rings is 1. The van der Waals surface area contributed by atoms with Crippen molar-refractivity contribution >= 4 is 17.3 Å². The summed E-state index contributed by atoms with van der Waals surface area (Å²) in [4.78, 5) is 13.5. The fraction of sp³-hybridized carbons (Fsp3) is 0.467. The lowest BCUT2D eigenvalue weighted by molar-refractivity contribution is -0.139. The number of ether oxygens (including phenoxy) is 1. The summed E-state index contributed by atoms with van der Waals surface area (Å²) in [5.74, 6) is -0.188. The molecule has 0 atom stereocenters. The lowest BCUT2D eigenvalue weighted by atomic mass is 10.1. The molecule has 0 unspecified atom stereocenters. The number of carbonyl (C=O) groups excluding carboxylic acids is 1. The summed E-state index contributed by atoms with van der Waals surface area (Å²) in [7, 11) is 1.42. The summed E-state index contributed by atoms with van der Waals surface area (Å²) in [5.41, 5.74) is 2.44. The van der Waals surface area contributed by atoms with Gasteiger partial charge in [0, 0.05) is 22.0 Å². The SMILES string of the molecule is COC(=O)Cc1ccc(CNCCCc2cn[nH]c2C)s1. The van der Waals surface area contributed by atoms with Gasteiger partial charge in [-0.25, -0.2) is 0 Å². The highest BCUT2D eigenvalue weighted by Gasteiger charge is 2.06. The first-order chi connectivity index (χ1) is 10.2. The van der Waals surface area contributed by atoms with Gasteiger partial charge in [-0.2, -0.15) is 5.10 Å². The second-order valence-corrected chi connectivity index (χ2v) is 6.17. The molecule has 0 aliphatic heterocycles. The van der Waals surface area contributed by atoms with E-state index in [2.05, 4.69) is 26.3 Å². The molecule has 0 bridgehead atoms. The first-order valence-electron chi connectivity index (χ1n) is 7.03. The van der Waals surface area contributed by atoms with Crippen LogP contribution in [0.3, 0.4) is 0 Å². The third-order valence-electron chi connectivity index (χ3n) is 3.30.